The lowest BCUT2D eigenvalue weighted by Gasteiger charge is -2.51. The van der Waals surface area contributed by atoms with Crippen molar-refractivity contribution >= 4 is 10.9 Å². The van der Waals surface area contributed by atoms with Gasteiger partial charge in [0, 0.05) is 24.2 Å². The molecule has 0 amide bonds. The number of pyridine rings is 1. The van der Waals surface area contributed by atoms with Gasteiger partial charge in [-0.25, -0.2) is 0 Å². The molecule has 2 unspecified atom stereocenters. The van der Waals surface area contributed by atoms with E-state index in [1.54, 1.807) is 0 Å². The Balaban J connectivity index is 1.66. The standard InChI is InChI=1S/C21H28N2O2/c1-3-14-13-23-10-8-15(14)11-20(23)21(24)17-7-9-22-19-6-5-16(25-4-2)12-18(17)19/h5-7,9,12,14-15,20-21,24H,3-4,8,10-11,13H2,1-2H3/t14-,15?,20-,21+/m0/s1. The molecule has 4 nitrogen and oxygen atoms in total. The third-order valence-corrected chi connectivity index (χ3v) is 6.20. The lowest BCUT2D eigenvalue weighted by molar-refractivity contribution is -0.0562. The van der Waals surface area contributed by atoms with Gasteiger partial charge in [-0.05, 0) is 68.0 Å². The maximum Gasteiger partial charge on any atom is 0.120 e. The average molecular weight is 340 g/mol. The van der Waals surface area contributed by atoms with Crippen molar-refractivity contribution in [2.24, 2.45) is 11.8 Å². The van der Waals surface area contributed by atoms with Crippen LogP contribution < -0.4 is 4.74 Å². The van der Waals surface area contributed by atoms with Crippen LogP contribution in [0.3, 0.4) is 0 Å². The molecule has 4 heterocycles. The number of nitrogens with zero attached hydrogens (tertiary/aromatic N) is 2. The minimum Gasteiger partial charge on any atom is -0.494 e. The largest absolute Gasteiger partial charge is 0.494 e. The summed E-state index contributed by atoms with van der Waals surface area (Å²) in [7, 11) is 0. The minimum absolute atomic E-state index is 0.225. The average Bonchev–Trinajstić information content (AvgIpc) is 2.67. The van der Waals surface area contributed by atoms with Crippen molar-refractivity contribution in [1.82, 2.24) is 9.88 Å². The van der Waals surface area contributed by atoms with Crippen molar-refractivity contribution in [3.63, 3.8) is 0 Å². The van der Waals surface area contributed by atoms with Crippen molar-refractivity contribution in [2.45, 2.75) is 45.3 Å². The topological polar surface area (TPSA) is 45.6 Å². The van der Waals surface area contributed by atoms with Crippen molar-refractivity contribution in [3.05, 3.63) is 36.0 Å². The van der Waals surface area contributed by atoms with Gasteiger partial charge in [0.1, 0.15) is 5.75 Å². The van der Waals surface area contributed by atoms with Gasteiger partial charge >= 0.3 is 0 Å². The first-order chi connectivity index (χ1) is 12.2. The van der Waals surface area contributed by atoms with Crippen LogP contribution in [0.2, 0.25) is 0 Å². The molecule has 5 rings (SSSR count). The number of aromatic nitrogens is 1. The second-order valence-electron chi connectivity index (χ2n) is 7.47. The first-order valence-electron chi connectivity index (χ1n) is 9.64. The van der Waals surface area contributed by atoms with Crippen LogP contribution in [0, 0.1) is 11.8 Å². The number of piperidine rings is 3. The molecular formula is C21H28N2O2. The number of ether oxygens (including phenoxy) is 1. The second kappa shape index (κ2) is 6.93. The maximum atomic E-state index is 11.2. The van der Waals surface area contributed by atoms with Crippen molar-refractivity contribution in [3.8, 4) is 5.75 Å². The van der Waals surface area contributed by atoms with Gasteiger partial charge in [0.05, 0.1) is 18.2 Å². The third kappa shape index (κ3) is 3.02. The van der Waals surface area contributed by atoms with Crippen LogP contribution >= 0.6 is 0 Å². The Morgan fingerprint density at radius 1 is 1.32 bits per heavy atom. The van der Waals surface area contributed by atoms with Gasteiger partial charge in [-0.1, -0.05) is 13.3 Å². The SMILES string of the molecule is CCOc1ccc2nccc([C@@H](O)[C@@H]3CC4CCN3C[C@@H]4CC)c2c1. The van der Waals surface area contributed by atoms with Crippen molar-refractivity contribution < 1.29 is 9.84 Å². The minimum atomic E-state index is -0.469. The fourth-order valence-corrected chi connectivity index (χ4v) is 4.84. The normalized spacial score (nSPS) is 29.7. The summed E-state index contributed by atoms with van der Waals surface area (Å²) in [4.78, 5) is 6.98. The fourth-order valence-electron chi connectivity index (χ4n) is 4.84. The number of hydrogen-bond acceptors (Lipinski definition) is 4. The van der Waals surface area contributed by atoms with Gasteiger partial charge in [0.15, 0.2) is 0 Å². The Kier molecular flexibility index (Phi) is 4.65. The highest BCUT2D eigenvalue weighted by atomic mass is 16.5. The van der Waals surface area contributed by atoms with Gasteiger partial charge in [-0.3, -0.25) is 9.88 Å². The zero-order chi connectivity index (χ0) is 17.4. The molecule has 0 radical (unpaired) electrons. The highest BCUT2D eigenvalue weighted by molar-refractivity contribution is 5.83. The number of fused-ring (bicyclic) bond motifs is 4. The molecule has 3 aliphatic heterocycles. The molecule has 0 aliphatic carbocycles. The van der Waals surface area contributed by atoms with Gasteiger partial charge in [0.2, 0.25) is 0 Å². The lowest BCUT2D eigenvalue weighted by atomic mass is 9.72. The second-order valence-corrected chi connectivity index (χ2v) is 7.47. The first-order valence-corrected chi connectivity index (χ1v) is 9.64. The van der Waals surface area contributed by atoms with Gasteiger partial charge in [0.25, 0.3) is 0 Å². The van der Waals surface area contributed by atoms with Crippen molar-refractivity contribution in [1.29, 1.82) is 0 Å². The predicted molar refractivity (Wildman–Crippen MR) is 99.7 cm³/mol. The van der Waals surface area contributed by atoms with E-state index in [-0.39, 0.29) is 6.04 Å². The first kappa shape index (κ1) is 16.8. The third-order valence-electron chi connectivity index (χ3n) is 6.20. The van der Waals surface area contributed by atoms with E-state index >= 15 is 0 Å². The Hall–Kier alpha value is -1.65. The van der Waals surface area contributed by atoms with E-state index in [2.05, 4.69) is 16.8 Å². The van der Waals surface area contributed by atoms with E-state index in [1.807, 2.05) is 37.4 Å². The molecular weight excluding hydrogens is 312 g/mol. The monoisotopic (exact) mass is 340 g/mol. The summed E-state index contributed by atoms with van der Waals surface area (Å²) >= 11 is 0. The van der Waals surface area contributed by atoms with Crippen LogP contribution in [-0.2, 0) is 0 Å². The predicted octanol–water partition coefficient (Wildman–Crippen LogP) is 3.79. The Labute approximate surface area is 149 Å². The van der Waals surface area contributed by atoms with Crippen LogP contribution in [0.25, 0.3) is 10.9 Å². The summed E-state index contributed by atoms with van der Waals surface area (Å²) in [6.45, 7) is 7.18. The van der Waals surface area contributed by atoms with E-state index in [0.717, 1.165) is 53.6 Å². The van der Waals surface area contributed by atoms with Crippen LogP contribution in [0.1, 0.15) is 44.8 Å². The molecule has 0 spiro atoms. The van der Waals surface area contributed by atoms with Crippen molar-refractivity contribution in [2.75, 3.05) is 19.7 Å². The molecule has 3 aliphatic rings. The Morgan fingerprint density at radius 3 is 2.92 bits per heavy atom. The molecule has 3 fully saturated rings. The van der Waals surface area contributed by atoms with Crippen LogP contribution in [-0.4, -0.2) is 40.7 Å². The Morgan fingerprint density at radius 2 is 2.20 bits per heavy atom. The summed E-state index contributed by atoms with van der Waals surface area (Å²) in [6, 6.07) is 8.16. The molecule has 5 atom stereocenters. The molecule has 0 saturated carbocycles. The van der Waals surface area contributed by atoms with Crippen LogP contribution in [0.5, 0.6) is 5.75 Å². The molecule has 2 bridgehead atoms. The highest BCUT2D eigenvalue weighted by Crippen LogP contribution is 2.42. The number of aliphatic hydroxyl groups is 1. The van der Waals surface area contributed by atoms with Crippen LogP contribution in [0.4, 0.5) is 0 Å². The van der Waals surface area contributed by atoms with E-state index in [4.69, 9.17) is 4.74 Å². The van der Waals surface area contributed by atoms with E-state index in [0.29, 0.717) is 6.61 Å². The van der Waals surface area contributed by atoms with Crippen LogP contribution in [0.15, 0.2) is 30.5 Å². The number of rotatable bonds is 5. The summed E-state index contributed by atoms with van der Waals surface area (Å²) in [5, 5.41) is 12.2. The molecule has 1 aromatic carbocycles. The fraction of sp³-hybridized carbons (Fsp3) is 0.571. The zero-order valence-corrected chi connectivity index (χ0v) is 15.2. The summed E-state index contributed by atoms with van der Waals surface area (Å²) in [5.41, 5.74) is 1.90. The van der Waals surface area contributed by atoms with E-state index in [9.17, 15) is 5.11 Å². The molecule has 2 aromatic rings. The molecule has 25 heavy (non-hydrogen) atoms. The smallest absolute Gasteiger partial charge is 0.120 e. The number of benzene rings is 1. The number of aliphatic hydroxyl groups excluding tert-OH is 1. The highest BCUT2D eigenvalue weighted by Gasteiger charge is 2.42. The maximum absolute atomic E-state index is 11.2. The zero-order valence-electron chi connectivity index (χ0n) is 15.2. The molecule has 4 heteroatoms. The van der Waals surface area contributed by atoms with E-state index < -0.39 is 6.10 Å². The quantitative estimate of drug-likeness (QED) is 0.899. The summed E-state index contributed by atoms with van der Waals surface area (Å²) in [6.07, 6.45) is 4.98. The van der Waals surface area contributed by atoms with E-state index in [1.165, 1.54) is 12.8 Å². The summed E-state index contributed by atoms with van der Waals surface area (Å²) < 4.78 is 5.65. The molecule has 134 valence electrons. The number of hydrogen-bond donors (Lipinski definition) is 1. The van der Waals surface area contributed by atoms with Gasteiger partial charge < -0.3 is 9.84 Å². The Bertz CT molecular complexity index is 748. The summed E-state index contributed by atoms with van der Waals surface area (Å²) in [5.74, 6) is 2.41. The molecule has 3 saturated heterocycles. The van der Waals surface area contributed by atoms with Gasteiger partial charge in [-0.15, -0.1) is 0 Å². The lowest BCUT2D eigenvalue weighted by Crippen LogP contribution is -2.55. The van der Waals surface area contributed by atoms with Gasteiger partial charge in [-0.2, -0.15) is 0 Å². The molecule has 1 aromatic heterocycles. The molecule has 1 N–H and O–H groups in total.